The lowest BCUT2D eigenvalue weighted by Crippen LogP contribution is -2.28. The Balaban J connectivity index is 2.24. The van der Waals surface area contributed by atoms with Crippen LogP contribution in [0, 0.1) is 0 Å². The van der Waals surface area contributed by atoms with Crippen LogP contribution in [-0.2, 0) is 11.3 Å². The van der Waals surface area contributed by atoms with Crippen molar-refractivity contribution in [2.75, 3.05) is 13.6 Å². The van der Waals surface area contributed by atoms with Crippen LogP contribution in [0.2, 0.25) is 0 Å². The molecule has 1 rings (SSSR count). The highest BCUT2D eigenvalue weighted by Crippen LogP contribution is 2.15. The molecule has 1 aromatic heterocycles. The number of carbonyl (C=O) groups excluding carboxylic acids is 1. The van der Waals surface area contributed by atoms with Gasteiger partial charge in [0, 0.05) is 19.5 Å². The molecule has 1 N–H and O–H groups in total. The SMILES string of the molecule is CC(C)NCCCC(=O)N(C)Cc1ccc(Br)o1. The molecule has 5 heteroatoms. The lowest BCUT2D eigenvalue weighted by atomic mass is 10.2. The minimum atomic E-state index is 0.146. The fraction of sp³-hybridized carbons (Fsp3) is 0.615. The third-order valence-electron chi connectivity index (χ3n) is 2.57. The van der Waals surface area contributed by atoms with Gasteiger partial charge < -0.3 is 14.6 Å². The summed E-state index contributed by atoms with van der Waals surface area (Å²) in [5, 5.41) is 3.30. The molecule has 0 aliphatic rings. The van der Waals surface area contributed by atoms with Crippen molar-refractivity contribution in [3.8, 4) is 0 Å². The van der Waals surface area contributed by atoms with E-state index in [1.54, 1.807) is 11.9 Å². The first-order valence-electron chi connectivity index (χ1n) is 6.20. The smallest absolute Gasteiger partial charge is 0.222 e. The second kappa shape index (κ2) is 7.59. The van der Waals surface area contributed by atoms with Crippen LogP contribution in [0.4, 0.5) is 0 Å². The van der Waals surface area contributed by atoms with E-state index in [4.69, 9.17) is 4.42 Å². The molecular formula is C13H21BrN2O2. The van der Waals surface area contributed by atoms with Crippen molar-refractivity contribution >= 4 is 21.8 Å². The molecule has 18 heavy (non-hydrogen) atoms. The summed E-state index contributed by atoms with van der Waals surface area (Å²) in [5.74, 6) is 0.936. The van der Waals surface area contributed by atoms with E-state index in [-0.39, 0.29) is 5.91 Å². The Kier molecular flexibility index (Phi) is 6.43. The van der Waals surface area contributed by atoms with Crippen molar-refractivity contribution in [3.05, 3.63) is 22.6 Å². The number of rotatable bonds is 7. The number of hydrogen-bond acceptors (Lipinski definition) is 3. The molecule has 0 aliphatic heterocycles. The Bertz CT molecular complexity index is 377. The zero-order chi connectivity index (χ0) is 13.5. The standard InChI is InChI=1S/C13H21BrN2O2/c1-10(2)15-8-4-5-13(17)16(3)9-11-6-7-12(14)18-11/h6-7,10,15H,4-5,8-9H2,1-3H3. The van der Waals surface area contributed by atoms with Gasteiger partial charge in [0.2, 0.25) is 5.91 Å². The third-order valence-corrected chi connectivity index (χ3v) is 2.99. The molecule has 1 aromatic rings. The highest BCUT2D eigenvalue weighted by molar-refractivity contribution is 9.10. The van der Waals surface area contributed by atoms with E-state index in [9.17, 15) is 4.79 Å². The Morgan fingerprint density at radius 1 is 1.50 bits per heavy atom. The third kappa shape index (κ3) is 5.69. The average molecular weight is 317 g/mol. The molecule has 0 atom stereocenters. The fourth-order valence-electron chi connectivity index (χ4n) is 1.58. The van der Waals surface area contributed by atoms with Crippen LogP contribution in [-0.4, -0.2) is 30.4 Å². The summed E-state index contributed by atoms with van der Waals surface area (Å²) in [6.07, 6.45) is 1.43. The minimum Gasteiger partial charge on any atom is -0.452 e. The second-order valence-corrected chi connectivity index (χ2v) is 5.45. The van der Waals surface area contributed by atoms with Crippen molar-refractivity contribution < 1.29 is 9.21 Å². The number of amides is 1. The summed E-state index contributed by atoms with van der Waals surface area (Å²) in [6, 6.07) is 4.17. The van der Waals surface area contributed by atoms with Crippen molar-refractivity contribution in [3.63, 3.8) is 0 Å². The molecule has 0 bridgehead atoms. The molecule has 1 heterocycles. The number of nitrogens with zero attached hydrogens (tertiary/aromatic N) is 1. The van der Waals surface area contributed by atoms with Gasteiger partial charge in [-0.3, -0.25) is 4.79 Å². The quantitative estimate of drug-likeness (QED) is 0.787. The molecule has 0 saturated carbocycles. The van der Waals surface area contributed by atoms with E-state index in [1.165, 1.54) is 0 Å². The maximum absolute atomic E-state index is 11.8. The largest absolute Gasteiger partial charge is 0.452 e. The molecule has 4 nitrogen and oxygen atoms in total. The van der Waals surface area contributed by atoms with Crippen molar-refractivity contribution in [2.24, 2.45) is 0 Å². The maximum Gasteiger partial charge on any atom is 0.222 e. The van der Waals surface area contributed by atoms with E-state index in [2.05, 4.69) is 35.1 Å². The monoisotopic (exact) mass is 316 g/mol. The van der Waals surface area contributed by atoms with Crippen LogP contribution in [0.5, 0.6) is 0 Å². The van der Waals surface area contributed by atoms with Gasteiger partial charge >= 0.3 is 0 Å². The second-order valence-electron chi connectivity index (χ2n) is 4.67. The van der Waals surface area contributed by atoms with E-state index in [0.29, 0.717) is 23.7 Å². The molecule has 0 saturated heterocycles. The Morgan fingerprint density at radius 2 is 2.22 bits per heavy atom. The van der Waals surface area contributed by atoms with Crippen LogP contribution >= 0.6 is 15.9 Å². The lowest BCUT2D eigenvalue weighted by molar-refractivity contribution is -0.130. The molecular weight excluding hydrogens is 296 g/mol. The molecule has 0 aromatic carbocycles. The highest BCUT2D eigenvalue weighted by Gasteiger charge is 2.10. The summed E-state index contributed by atoms with van der Waals surface area (Å²) in [7, 11) is 1.80. The Morgan fingerprint density at radius 3 is 2.78 bits per heavy atom. The van der Waals surface area contributed by atoms with Crippen LogP contribution < -0.4 is 5.32 Å². The number of halogens is 1. The summed E-state index contributed by atoms with van der Waals surface area (Å²) in [5.41, 5.74) is 0. The minimum absolute atomic E-state index is 0.146. The molecule has 0 radical (unpaired) electrons. The van der Waals surface area contributed by atoms with E-state index >= 15 is 0 Å². The van der Waals surface area contributed by atoms with Crippen molar-refractivity contribution in [2.45, 2.75) is 39.3 Å². The maximum atomic E-state index is 11.8. The van der Waals surface area contributed by atoms with Gasteiger partial charge in [-0.15, -0.1) is 0 Å². The van der Waals surface area contributed by atoms with Crippen LogP contribution in [0.25, 0.3) is 0 Å². The van der Waals surface area contributed by atoms with Gasteiger partial charge in [0.15, 0.2) is 4.67 Å². The molecule has 0 spiro atoms. The summed E-state index contributed by atoms with van der Waals surface area (Å²) in [4.78, 5) is 13.5. The summed E-state index contributed by atoms with van der Waals surface area (Å²) < 4.78 is 6.07. The van der Waals surface area contributed by atoms with Gasteiger partial charge in [-0.2, -0.15) is 0 Å². The van der Waals surface area contributed by atoms with Gasteiger partial charge in [-0.1, -0.05) is 13.8 Å². The molecule has 0 aliphatic carbocycles. The molecule has 0 unspecified atom stereocenters. The van der Waals surface area contributed by atoms with Gasteiger partial charge in [0.05, 0.1) is 6.54 Å². The fourth-order valence-corrected chi connectivity index (χ4v) is 1.92. The first-order chi connectivity index (χ1) is 8.49. The van der Waals surface area contributed by atoms with Crippen molar-refractivity contribution in [1.29, 1.82) is 0 Å². The van der Waals surface area contributed by atoms with Crippen LogP contribution in [0.3, 0.4) is 0 Å². The first-order valence-corrected chi connectivity index (χ1v) is 7.00. The van der Waals surface area contributed by atoms with E-state index < -0.39 is 0 Å². The van der Waals surface area contributed by atoms with E-state index in [1.807, 2.05) is 12.1 Å². The first kappa shape index (κ1) is 15.2. The Labute approximate surface area is 117 Å². The number of furan rings is 1. The highest BCUT2D eigenvalue weighted by atomic mass is 79.9. The van der Waals surface area contributed by atoms with Crippen LogP contribution in [0.1, 0.15) is 32.4 Å². The Hall–Kier alpha value is -0.810. The average Bonchev–Trinajstić information content (AvgIpc) is 2.69. The predicted octanol–water partition coefficient (Wildman–Crippen LogP) is 2.78. The molecule has 1 amide bonds. The van der Waals surface area contributed by atoms with Gasteiger partial charge in [0.25, 0.3) is 0 Å². The molecule has 0 fully saturated rings. The zero-order valence-electron chi connectivity index (χ0n) is 11.2. The number of hydrogen-bond donors (Lipinski definition) is 1. The van der Waals surface area contributed by atoms with Gasteiger partial charge in [0.1, 0.15) is 5.76 Å². The number of nitrogens with one attached hydrogen (secondary N) is 1. The molecule has 102 valence electrons. The normalized spacial score (nSPS) is 10.9. The predicted molar refractivity (Wildman–Crippen MR) is 75.3 cm³/mol. The van der Waals surface area contributed by atoms with Crippen LogP contribution in [0.15, 0.2) is 21.2 Å². The number of carbonyl (C=O) groups is 1. The van der Waals surface area contributed by atoms with Crippen molar-refractivity contribution in [1.82, 2.24) is 10.2 Å². The van der Waals surface area contributed by atoms with Gasteiger partial charge in [-0.05, 0) is 41.0 Å². The van der Waals surface area contributed by atoms with E-state index in [0.717, 1.165) is 18.7 Å². The topological polar surface area (TPSA) is 45.5 Å². The lowest BCUT2D eigenvalue weighted by Gasteiger charge is -2.16. The summed E-state index contributed by atoms with van der Waals surface area (Å²) >= 11 is 3.25. The van der Waals surface area contributed by atoms with Gasteiger partial charge in [-0.25, -0.2) is 0 Å². The summed E-state index contributed by atoms with van der Waals surface area (Å²) in [6.45, 7) is 5.59. The zero-order valence-corrected chi connectivity index (χ0v) is 12.8.